The summed E-state index contributed by atoms with van der Waals surface area (Å²) in [5, 5.41) is 9.26. The van der Waals surface area contributed by atoms with Gasteiger partial charge in [-0.15, -0.1) is 0 Å². The quantitative estimate of drug-likeness (QED) is 0.927. The van der Waals surface area contributed by atoms with E-state index in [9.17, 15) is 9.90 Å². The number of hydrogen-bond donors (Lipinski definition) is 1. The summed E-state index contributed by atoms with van der Waals surface area (Å²) in [6.07, 6.45) is 1.42. The second-order valence-electron chi connectivity index (χ2n) is 4.93. The van der Waals surface area contributed by atoms with Crippen molar-refractivity contribution in [2.45, 2.75) is 20.4 Å². The van der Waals surface area contributed by atoms with Gasteiger partial charge in [-0.05, 0) is 31.0 Å². The van der Waals surface area contributed by atoms with E-state index in [1.54, 1.807) is 0 Å². The highest BCUT2D eigenvalue weighted by Crippen LogP contribution is 2.22. The summed E-state index contributed by atoms with van der Waals surface area (Å²) in [6.45, 7) is 4.58. The Hall–Kier alpha value is -2.36. The molecule has 0 spiro atoms. The average molecular weight is 270 g/mol. The highest BCUT2D eigenvalue weighted by atomic mass is 16.4. The molecule has 2 aromatic rings. The molecule has 4 nitrogen and oxygen atoms in total. The van der Waals surface area contributed by atoms with Gasteiger partial charge in [0.2, 0.25) is 0 Å². The van der Waals surface area contributed by atoms with E-state index in [1.807, 2.05) is 37.1 Å². The fourth-order valence-corrected chi connectivity index (χ4v) is 2.15. The molecule has 0 radical (unpaired) electrons. The number of carboxylic acid groups (broad SMARTS) is 1. The number of aryl methyl sites for hydroxylation is 2. The molecule has 0 aliphatic rings. The molecule has 2 rings (SSSR count). The summed E-state index contributed by atoms with van der Waals surface area (Å²) in [4.78, 5) is 17.3. The third-order valence-corrected chi connectivity index (χ3v) is 3.33. The standard InChI is InChI=1S/C16H18N2O2/c1-11-6-4-5-7-13(11)10-18(3)15-8-12(2)17-9-14(15)16(19)20/h4-9H,10H2,1-3H3,(H,19,20). The number of pyridine rings is 1. The van der Waals surface area contributed by atoms with Crippen molar-refractivity contribution in [1.82, 2.24) is 4.98 Å². The van der Waals surface area contributed by atoms with Crippen molar-refractivity contribution in [3.05, 3.63) is 58.9 Å². The van der Waals surface area contributed by atoms with Gasteiger partial charge in [-0.3, -0.25) is 4.98 Å². The minimum Gasteiger partial charge on any atom is -0.478 e. The highest BCUT2D eigenvalue weighted by molar-refractivity contribution is 5.94. The number of aromatic carboxylic acids is 1. The van der Waals surface area contributed by atoms with Gasteiger partial charge >= 0.3 is 5.97 Å². The van der Waals surface area contributed by atoms with Gasteiger partial charge in [0.15, 0.2) is 0 Å². The van der Waals surface area contributed by atoms with E-state index in [-0.39, 0.29) is 5.56 Å². The van der Waals surface area contributed by atoms with E-state index in [0.29, 0.717) is 12.2 Å². The summed E-state index contributed by atoms with van der Waals surface area (Å²) in [5.41, 5.74) is 4.10. The molecule has 0 saturated carbocycles. The average Bonchev–Trinajstić information content (AvgIpc) is 2.40. The summed E-state index contributed by atoms with van der Waals surface area (Å²) < 4.78 is 0. The largest absolute Gasteiger partial charge is 0.478 e. The number of nitrogens with zero attached hydrogens (tertiary/aromatic N) is 2. The predicted octanol–water partition coefficient (Wildman–Crippen LogP) is 3.03. The first kappa shape index (κ1) is 14.1. The highest BCUT2D eigenvalue weighted by Gasteiger charge is 2.15. The Bertz CT molecular complexity index is 638. The van der Waals surface area contributed by atoms with Crippen molar-refractivity contribution < 1.29 is 9.90 Å². The predicted molar refractivity (Wildman–Crippen MR) is 79.2 cm³/mol. The van der Waals surface area contributed by atoms with E-state index >= 15 is 0 Å². The van der Waals surface area contributed by atoms with Gasteiger partial charge in [0, 0.05) is 25.5 Å². The lowest BCUT2D eigenvalue weighted by molar-refractivity contribution is 0.0697. The molecule has 0 fully saturated rings. The molecular weight excluding hydrogens is 252 g/mol. The first-order chi connectivity index (χ1) is 9.49. The van der Waals surface area contributed by atoms with Gasteiger partial charge in [-0.1, -0.05) is 24.3 Å². The zero-order chi connectivity index (χ0) is 14.7. The normalized spacial score (nSPS) is 10.3. The molecule has 1 aromatic heterocycles. The van der Waals surface area contributed by atoms with Crippen LogP contribution in [0.4, 0.5) is 5.69 Å². The molecule has 1 N–H and O–H groups in total. The van der Waals surface area contributed by atoms with Gasteiger partial charge in [0.25, 0.3) is 0 Å². The van der Waals surface area contributed by atoms with Crippen LogP contribution in [-0.4, -0.2) is 23.1 Å². The minimum atomic E-state index is -0.955. The Balaban J connectivity index is 2.34. The fraction of sp³-hybridized carbons (Fsp3) is 0.250. The van der Waals surface area contributed by atoms with Crippen LogP contribution in [0.2, 0.25) is 0 Å². The Kier molecular flexibility index (Phi) is 4.03. The second-order valence-corrected chi connectivity index (χ2v) is 4.93. The van der Waals surface area contributed by atoms with Crippen LogP contribution in [-0.2, 0) is 6.54 Å². The maximum Gasteiger partial charge on any atom is 0.339 e. The van der Waals surface area contributed by atoms with Crippen LogP contribution in [0, 0.1) is 13.8 Å². The topological polar surface area (TPSA) is 53.4 Å². The van der Waals surface area contributed by atoms with Crippen LogP contribution in [0.15, 0.2) is 36.5 Å². The molecule has 0 unspecified atom stereocenters. The number of aromatic nitrogens is 1. The first-order valence-electron chi connectivity index (χ1n) is 6.44. The van der Waals surface area contributed by atoms with E-state index in [4.69, 9.17) is 0 Å². The summed E-state index contributed by atoms with van der Waals surface area (Å²) >= 11 is 0. The van der Waals surface area contributed by atoms with Gasteiger partial charge < -0.3 is 10.0 Å². The molecule has 0 bridgehead atoms. The zero-order valence-electron chi connectivity index (χ0n) is 11.9. The molecule has 1 heterocycles. The number of hydrogen-bond acceptors (Lipinski definition) is 3. The van der Waals surface area contributed by atoms with Crippen molar-refractivity contribution in [1.29, 1.82) is 0 Å². The van der Waals surface area contributed by atoms with Crippen molar-refractivity contribution in [2.75, 3.05) is 11.9 Å². The Morgan fingerprint density at radius 2 is 2.00 bits per heavy atom. The van der Waals surface area contributed by atoms with Crippen LogP contribution in [0.1, 0.15) is 27.2 Å². The Morgan fingerprint density at radius 1 is 1.30 bits per heavy atom. The second kappa shape index (κ2) is 5.74. The lowest BCUT2D eigenvalue weighted by atomic mass is 10.1. The van der Waals surface area contributed by atoms with Gasteiger partial charge in [0.05, 0.1) is 5.69 Å². The summed E-state index contributed by atoms with van der Waals surface area (Å²) in [5.74, 6) is -0.955. The van der Waals surface area contributed by atoms with E-state index in [2.05, 4.69) is 24.0 Å². The number of anilines is 1. The molecular formula is C16H18N2O2. The van der Waals surface area contributed by atoms with E-state index < -0.39 is 5.97 Å². The fourth-order valence-electron chi connectivity index (χ4n) is 2.15. The number of carbonyl (C=O) groups is 1. The molecule has 4 heteroatoms. The maximum atomic E-state index is 11.3. The molecule has 0 saturated heterocycles. The SMILES string of the molecule is Cc1cc(N(C)Cc2ccccc2C)c(C(=O)O)cn1. The molecule has 0 aliphatic heterocycles. The minimum absolute atomic E-state index is 0.228. The molecule has 104 valence electrons. The molecule has 0 amide bonds. The van der Waals surface area contributed by atoms with Crippen molar-refractivity contribution >= 4 is 11.7 Å². The summed E-state index contributed by atoms with van der Waals surface area (Å²) in [6, 6.07) is 9.91. The van der Waals surface area contributed by atoms with Crippen molar-refractivity contribution in [3.63, 3.8) is 0 Å². The zero-order valence-corrected chi connectivity index (χ0v) is 11.9. The molecule has 0 aliphatic carbocycles. The van der Waals surface area contributed by atoms with Crippen LogP contribution in [0.3, 0.4) is 0 Å². The smallest absolute Gasteiger partial charge is 0.339 e. The number of carboxylic acids is 1. The van der Waals surface area contributed by atoms with E-state index in [1.165, 1.54) is 17.3 Å². The molecule has 1 aromatic carbocycles. The molecule has 0 atom stereocenters. The summed E-state index contributed by atoms with van der Waals surface area (Å²) in [7, 11) is 1.90. The lowest BCUT2D eigenvalue weighted by Crippen LogP contribution is -2.20. The van der Waals surface area contributed by atoms with E-state index in [0.717, 1.165) is 5.69 Å². The monoisotopic (exact) mass is 270 g/mol. The van der Waals surface area contributed by atoms with Crippen molar-refractivity contribution in [2.24, 2.45) is 0 Å². The first-order valence-corrected chi connectivity index (χ1v) is 6.44. The molecule has 20 heavy (non-hydrogen) atoms. The Morgan fingerprint density at radius 3 is 2.65 bits per heavy atom. The van der Waals surface area contributed by atoms with Crippen LogP contribution in [0.5, 0.6) is 0 Å². The van der Waals surface area contributed by atoms with Gasteiger partial charge in [-0.2, -0.15) is 0 Å². The maximum absolute atomic E-state index is 11.3. The van der Waals surface area contributed by atoms with Crippen LogP contribution in [0.25, 0.3) is 0 Å². The number of benzene rings is 1. The van der Waals surface area contributed by atoms with Crippen LogP contribution >= 0.6 is 0 Å². The third-order valence-electron chi connectivity index (χ3n) is 3.33. The van der Waals surface area contributed by atoms with Crippen LogP contribution < -0.4 is 4.90 Å². The van der Waals surface area contributed by atoms with Gasteiger partial charge in [0.1, 0.15) is 5.56 Å². The van der Waals surface area contributed by atoms with Crippen molar-refractivity contribution in [3.8, 4) is 0 Å². The Labute approximate surface area is 118 Å². The van der Waals surface area contributed by atoms with Gasteiger partial charge in [-0.25, -0.2) is 4.79 Å². The number of rotatable bonds is 4. The third kappa shape index (κ3) is 2.96. The lowest BCUT2D eigenvalue weighted by Gasteiger charge is -2.22.